The minimum Gasteiger partial charge on any atom is -0.380 e. The van der Waals surface area contributed by atoms with E-state index in [1.54, 1.807) is 0 Å². The van der Waals surface area contributed by atoms with E-state index in [4.69, 9.17) is 4.74 Å². The van der Waals surface area contributed by atoms with Crippen LogP contribution in [0, 0.1) is 6.92 Å². The van der Waals surface area contributed by atoms with Gasteiger partial charge in [0.1, 0.15) is 5.82 Å². The molecule has 0 unspecified atom stereocenters. The van der Waals surface area contributed by atoms with E-state index in [0.29, 0.717) is 5.95 Å². The van der Waals surface area contributed by atoms with Crippen LogP contribution in [0.15, 0.2) is 6.07 Å². The van der Waals surface area contributed by atoms with Crippen molar-refractivity contribution in [2.45, 2.75) is 34.1 Å². The Morgan fingerprint density at radius 3 is 2.68 bits per heavy atom. The lowest BCUT2D eigenvalue weighted by molar-refractivity contribution is 0.154. The van der Waals surface area contributed by atoms with Crippen LogP contribution >= 0.6 is 0 Å². The Morgan fingerprint density at radius 2 is 2.05 bits per heavy atom. The van der Waals surface area contributed by atoms with E-state index in [9.17, 15) is 0 Å². The van der Waals surface area contributed by atoms with Gasteiger partial charge in [-0.2, -0.15) is 4.98 Å². The van der Waals surface area contributed by atoms with E-state index in [2.05, 4.69) is 34.0 Å². The molecule has 0 saturated heterocycles. The van der Waals surface area contributed by atoms with Crippen molar-refractivity contribution < 1.29 is 4.74 Å². The van der Waals surface area contributed by atoms with E-state index in [0.717, 1.165) is 50.8 Å². The fourth-order valence-electron chi connectivity index (χ4n) is 1.78. The van der Waals surface area contributed by atoms with Gasteiger partial charge in [-0.25, -0.2) is 4.98 Å². The Labute approximate surface area is 116 Å². The second kappa shape index (κ2) is 8.69. The van der Waals surface area contributed by atoms with Crippen molar-refractivity contribution in [2.75, 3.05) is 43.1 Å². The van der Waals surface area contributed by atoms with Gasteiger partial charge >= 0.3 is 0 Å². The van der Waals surface area contributed by atoms with Gasteiger partial charge in [0.05, 0.1) is 6.61 Å². The van der Waals surface area contributed by atoms with Crippen molar-refractivity contribution in [2.24, 2.45) is 0 Å². The zero-order valence-corrected chi connectivity index (χ0v) is 12.6. The first-order chi connectivity index (χ1) is 9.21. The minimum atomic E-state index is 0.715. The summed E-state index contributed by atoms with van der Waals surface area (Å²) in [6.07, 6.45) is 1.06. The van der Waals surface area contributed by atoms with Crippen LogP contribution in [0.1, 0.15) is 32.9 Å². The third kappa shape index (κ3) is 5.42. The van der Waals surface area contributed by atoms with Crippen LogP contribution in [0.25, 0.3) is 0 Å². The van der Waals surface area contributed by atoms with Crippen LogP contribution in [0.4, 0.5) is 11.8 Å². The third-order valence-corrected chi connectivity index (χ3v) is 2.79. The molecule has 108 valence electrons. The number of aromatic nitrogens is 2. The quantitative estimate of drug-likeness (QED) is 0.696. The van der Waals surface area contributed by atoms with E-state index in [1.807, 2.05) is 19.9 Å². The van der Waals surface area contributed by atoms with Gasteiger partial charge in [-0.05, 0) is 27.2 Å². The zero-order valence-electron chi connectivity index (χ0n) is 12.6. The Balaban J connectivity index is 2.75. The minimum absolute atomic E-state index is 0.715. The largest absolute Gasteiger partial charge is 0.380 e. The van der Waals surface area contributed by atoms with Crippen LogP contribution in [0.3, 0.4) is 0 Å². The molecule has 0 atom stereocenters. The Hall–Kier alpha value is -1.36. The van der Waals surface area contributed by atoms with Gasteiger partial charge in [-0.3, -0.25) is 0 Å². The number of aryl methyl sites for hydroxylation is 1. The van der Waals surface area contributed by atoms with Crippen LogP contribution in [0.5, 0.6) is 0 Å². The molecule has 0 aliphatic rings. The summed E-state index contributed by atoms with van der Waals surface area (Å²) in [7, 11) is 0. The van der Waals surface area contributed by atoms with Gasteiger partial charge in [-0.1, -0.05) is 6.92 Å². The average Bonchev–Trinajstić information content (AvgIpc) is 2.41. The fourth-order valence-corrected chi connectivity index (χ4v) is 1.78. The maximum atomic E-state index is 5.41. The standard InChI is InChI=1S/C14H26N4O/c1-5-8-15-14-16-12(4)11-13(17-14)18(6-2)9-10-19-7-3/h11H,5-10H2,1-4H3,(H,15,16,17). The predicted molar refractivity (Wildman–Crippen MR) is 79.9 cm³/mol. The van der Waals surface area contributed by atoms with Crippen molar-refractivity contribution in [3.8, 4) is 0 Å². The second-order valence-electron chi connectivity index (χ2n) is 4.39. The summed E-state index contributed by atoms with van der Waals surface area (Å²) >= 11 is 0. The highest BCUT2D eigenvalue weighted by molar-refractivity contribution is 5.44. The van der Waals surface area contributed by atoms with Crippen LogP contribution in [-0.4, -0.2) is 42.8 Å². The first-order valence-electron chi connectivity index (χ1n) is 7.13. The summed E-state index contributed by atoms with van der Waals surface area (Å²) in [5, 5.41) is 3.24. The maximum absolute atomic E-state index is 5.41. The number of nitrogens with one attached hydrogen (secondary N) is 1. The smallest absolute Gasteiger partial charge is 0.224 e. The first-order valence-corrected chi connectivity index (χ1v) is 7.13. The van der Waals surface area contributed by atoms with Crippen molar-refractivity contribution in [3.05, 3.63) is 11.8 Å². The molecule has 1 aromatic heterocycles. The van der Waals surface area contributed by atoms with Crippen LogP contribution in [-0.2, 0) is 4.74 Å². The summed E-state index contributed by atoms with van der Waals surface area (Å²) in [5.41, 5.74) is 0.985. The number of hydrogen-bond acceptors (Lipinski definition) is 5. The normalized spacial score (nSPS) is 10.5. The van der Waals surface area contributed by atoms with E-state index in [1.165, 1.54) is 0 Å². The summed E-state index contributed by atoms with van der Waals surface area (Å²) in [6.45, 7) is 12.4. The number of nitrogens with zero attached hydrogens (tertiary/aromatic N) is 3. The second-order valence-corrected chi connectivity index (χ2v) is 4.39. The molecule has 0 bridgehead atoms. The molecular weight excluding hydrogens is 240 g/mol. The maximum Gasteiger partial charge on any atom is 0.224 e. The molecule has 5 nitrogen and oxygen atoms in total. The van der Waals surface area contributed by atoms with Crippen molar-refractivity contribution in [3.63, 3.8) is 0 Å². The third-order valence-electron chi connectivity index (χ3n) is 2.79. The number of anilines is 2. The zero-order chi connectivity index (χ0) is 14.1. The van der Waals surface area contributed by atoms with Crippen molar-refractivity contribution >= 4 is 11.8 Å². The lowest BCUT2D eigenvalue weighted by Gasteiger charge is -2.22. The van der Waals surface area contributed by atoms with Crippen LogP contribution in [0.2, 0.25) is 0 Å². The van der Waals surface area contributed by atoms with Gasteiger partial charge in [0.15, 0.2) is 0 Å². The lowest BCUT2D eigenvalue weighted by atomic mass is 10.4. The van der Waals surface area contributed by atoms with Crippen molar-refractivity contribution in [1.82, 2.24) is 9.97 Å². The van der Waals surface area contributed by atoms with E-state index >= 15 is 0 Å². The number of likely N-dealkylation sites (N-methyl/N-ethyl adjacent to an activating group) is 1. The summed E-state index contributed by atoms with van der Waals surface area (Å²) in [5.74, 6) is 1.68. The molecule has 0 aliphatic heterocycles. The summed E-state index contributed by atoms with van der Waals surface area (Å²) in [6, 6.07) is 2.02. The Kier molecular flexibility index (Phi) is 7.18. The molecular formula is C14H26N4O. The highest BCUT2D eigenvalue weighted by Crippen LogP contribution is 2.14. The molecule has 19 heavy (non-hydrogen) atoms. The molecule has 0 aromatic carbocycles. The van der Waals surface area contributed by atoms with Gasteiger partial charge in [0.25, 0.3) is 0 Å². The highest BCUT2D eigenvalue weighted by atomic mass is 16.5. The van der Waals surface area contributed by atoms with Crippen molar-refractivity contribution in [1.29, 1.82) is 0 Å². The molecule has 0 radical (unpaired) electrons. The Bertz CT molecular complexity index is 370. The molecule has 1 aromatic rings. The molecule has 0 saturated carbocycles. The first kappa shape index (κ1) is 15.7. The van der Waals surface area contributed by atoms with E-state index < -0.39 is 0 Å². The molecule has 1 N–H and O–H groups in total. The molecule has 1 heterocycles. The number of ether oxygens (including phenoxy) is 1. The summed E-state index contributed by atoms with van der Waals surface area (Å²) in [4.78, 5) is 11.2. The SMILES string of the molecule is CCCNc1nc(C)cc(N(CC)CCOCC)n1. The lowest BCUT2D eigenvalue weighted by Crippen LogP contribution is -2.28. The van der Waals surface area contributed by atoms with Gasteiger partial charge in [-0.15, -0.1) is 0 Å². The number of hydrogen-bond donors (Lipinski definition) is 1. The Morgan fingerprint density at radius 1 is 1.26 bits per heavy atom. The molecule has 0 fully saturated rings. The molecule has 1 rings (SSSR count). The average molecular weight is 266 g/mol. The molecule has 0 amide bonds. The number of rotatable bonds is 9. The van der Waals surface area contributed by atoms with Crippen LogP contribution < -0.4 is 10.2 Å². The summed E-state index contributed by atoms with van der Waals surface area (Å²) < 4.78 is 5.41. The highest BCUT2D eigenvalue weighted by Gasteiger charge is 2.08. The van der Waals surface area contributed by atoms with Gasteiger partial charge in [0.2, 0.25) is 5.95 Å². The fraction of sp³-hybridized carbons (Fsp3) is 0.714. The van der Waals surface area contributed by atoms with E-state index in [-0.39, 0.29) is 0 Å². The molecule has 0 spiro atoms. The molecule has 5 heteroatoms. The monoisotopic (exact) mass is 266 g/mol. The topological polar surface area (TPSA) is 50.3 Å². The predicted octanol–water partition coefficient (Wildman–Crippen LogP) is 2.47. The molecule has 0 aliphatic carbocycles. The van der Waals surface area contributed by atoms with Gasteiger partial charge < -0.3 is 15.0 Å². The van der Waals surface area contributed by atoms with Gasteiger partial charge in [0, 0.05) is 38.0 Å².